The highest BCUT2D eigenvalue weighted by molar-refractivity contribution is 7.99. The van der Waals surface area contributed by atoms with Gasteiger partial charge in [0, 0.05) is 13.5 Å². The Kier molecular flexibility index (Phi) is 5.43. The zero-order valence-corrected chi connectivity index (χ0v) is 11.0. The molecule has 0 saturated carbocycles. The first-order valence-electron chi connectivity index (χ1n) is 5.38. The summed E-state index contributed by atoms with van der Waals surface area (Å²) in [6.45, 7) is 3.78. The number of H-pyrrole nitrogens is 1. The van der Waals surface area contributed by atoms with E-state index in [4.69, 9.17) is 0 Å². The maximum Gasteiger partial charge on any atom is 0.343 e. The van der Waals surface area contributed by atoms with Crippen molar-refractivity contribution in [3.63, 3.8) is 0 Å². The van der Waals surface area contributed by atoms with Crippen LogP contribution in [-0.2, 0) is 16.1 Å². The Bertz CT molecular complexity index is 481. The number of aromatic nitrogens is 3. The Morgan fingerprint density at radius 3 is 2.78 bits per heavy atom. The molecule has 1 aromatic heterocycles. The van der Waals surface area contributed by atoms with Crippen molar-refractivity contribution >= 4 is 23.6 Å². The predicted octanol–water partition coefficient (Wildman–Crippen LogP) is -0.759. The number of amides is 2. The van der Waals surface area contributed by atoms with E-state index in [0.717, 1.165) is 18.2 Å². The molecule has 0 aromatic carbocycles. The smallest absolute Gasteiger partial charge is 0.274 e. The van der Waals surface area contributed by atoms with Gasteiger partial charge in [0.1, 0.15) is 0 Å². The van der Waals surface area contributed by atoms with Gasteiger partial charge in [-0.15, -0.1) is 5.10 Å². The molecule has 2 amide bonds. The molecule has 1 rings (SSSR count). The number of thioether (sulfide) groups is 1. The summed E-state index contributed by atoms with van der Waals surface area (Å²) in [4.78, 5) is 33.3. The molecule has 8 nitrogen and oxygen atoms in total. The maximum absolute atomic E-state index is 11.4. The monoisotopic (exact) mass is 273 g/mol. The third kappa shape index (κ3) is 4.24. The molecule has 9 heteroatoms. The molecule has 0 saturated heterocycles. The standard InChI is InChI=1S/C9H15N5O3S/c1-3-4-14-8(17)12-13-9(14)18-5-7(16)11-10-6(2)15/h3-5H2,1-2H3,(H,10,15)(H,11,16)(H,12,17). The molecule has 0 bridgehead atoms. The first-order chi connectivity index (χ1) is 8.54. The van der Waals surface area contributed by atoms with Gasteiger partial charge in [-0.1, -0.05) is 18.7 Å². The zero-order chi connectivity index (χ0) is 13.5. The number of hydrogen-bond donors (Lipinski definition) is 3. The molecule has 0 radical (unpaired) electrons. The van der Waals surface area contributed by atoms with Gasteiger partial charge in [0.2, 0.25) is 11.8 Å². The lowest BCUT2D eigenvalue weighted by atomic mass is 10.5. The first kappa shape index (κ1) is 14.3. The summed E-state index contributed by atoms with van der Waals surface area (Å²) in [6, 6.07) is 0. The molecule has 18 heavy (non-hydrogen) atoms. The van der Waals surface area contributed by atoms with Gasteiger partial charge < -0.3 is 0 Å². The van der Waals surface area contributed by atoms with Crippen LogP contribution in [0.3, 0.4) is 0 Å². The van der Waals surface area contributed by atoms with Gasteiger partial charge in [0.15, 0.2) is 5.16 Å². The third-order valence-corrected chi connectivity index (χ3v) is 2.86. The molecule has 1 heterocycles. The van der Waals surface area contributed by atoms with Crippen LogP contribution in [0, 0.1) is 0 Å². The van der Waals surface area contributed by atoms with Crippen LogP contribution in [0.25, 0.3) is 0 Å². The average molecular weight is 273 g/mol. The molecule has 0 aliphatic rings. The predicted molar refractivity (Wildman–Crippen MR) is 65.8 cm³/mol. The molecule has 0 aliphatic carbocycles. The first-order valence-corrected chi connectivity index (χ1v) is 6.36. The lowest BCUT2D eigenvalue weighted by Gasteiger charge is -2.05. The van der Waals surface area contributed by atoms with Gasteiger partial charge >= 0.3 is 5.69 Å². The lowest BCUT2D eigenvalue weighted by Crippen LogP contribution is -2.41. The van der Waals surface area contributed by atoms with Crippen LogP contribution in [0.2, 0.25) is 0 Å². The van der Waals surface area contributed by atoms with E-state index in [1.54, 1.807) is 0 Å². The van der Waals surface area contributed by atoms with E-state index in [-0.39, 0.29) is 23.3 Å². The minimum atomic E-state index is -0.367. The largest absolute Gasteiger partial charge is 0.343 e. The number of carbonyl (C=O) groups excluding carboxylic acids is 2. The van der Waals surface area contributed by atoms with Gasteiger partial charge in [-0.3, -0.25) is 25.0 Å². The summed E-state index contributed by atoms with van der Waals surface area (Å²) < 4.78 is 1.47. The van der Waals surface area contributed by atoms with Gasteiger partial charge in [-0.05, 0) is 6.42 Å². The minimum absolute atomic E-state index is 0.0638. The highest BCUT2D eigenvalue weighted by Gasteiger charge is 2.10. The van der Waals surface area contributed by atoms with Crippen LogP contribution in [0.4, 0.5) is 0 Å². The molecular formula is C9H15N5O3S. The number of rotatable bonds is 5. The summed E-state index contributed by atoms with van der Waals surface area (Å²) in [5.41, 5.74) is 4.11. The molecule has 0 fully saturated rings. The second kappa shape index (κ2) is 6.84. The van der Waals surface area contributed by atoms with E-state index in [2.05, 4.69) is 21.0 Å². The van der Waals surface area contributed by atoms with E-state index >= 15 is 0 Å². The molecule has 0 unspecified atom stereocenters. The minimum Gasteiger partial charge on any atom is -0.274 e. The second-order valence-corrected chi connectivity index (χ2v) is 4.42. The fourth-order valence-corrected chi connectivity index (χ4v) is 1.93. The highest BCUT2D eigenvalue weighted by Crippen LogP contribution is 2.12. The summed E-state index contributed by atoms with van der Waals surface area (Å²) in [5, 5.41) is 6.61. The number of aromatic amines is 1. The van der Waals surface area contributed by atoms with Crippen molar-refractivity contribution in [2.45, 2.75) is 32.0 Å². The maximum atomic E-state index is 11.4. The van der Waals surface area contributed by atoms with Crippen LogP contribution in [0.5, 0.6) is 0 Å². The van der Waals surface area contributed by atoms with Crippen molar-refractivity contribution in [2.75, 3.05) is 5.75 Å². The van der Waals surface area contributed by atoms with Crippen molar-refractivity contribution < 1.29 is 9.59 Å². The van der Waals surface area contributed by atoms with Crippen molar-refractivity contribution in [3.05, 3.63) is 10.5 Å². The summed E-state index contributed by atoms with van der Waals surface area (Å²) in [7, 11) is 0. The molecule has 0 aliphatic heterocycles. The number of nitrogens with one attached hydrogen (secondary N) is 3. The molecule has 0 spiro atoms. The van der Waals surface area contributed by atoms with Crippen LogP contribution in [0.1, 0.15) is 20.3 Å². The van der Waals surface area contributed by atoms with Gasteiger partial charge in [-0.25, -0.2) is 9.89 Å². The fourth-order valence-electron chi connectivity index (χ4n) is 1.16. The van der Waals surface area contributed by atoms with Crippen molar-refractivity contribution in [2.24, 2.45) is 0 Å². The SMILES string of the molecule is CCCn1c(SCC(=O)NNC(C)=O)n[nH]c1=O. The highest BCUT2D eigenvalue weighted by atomic mass is 32.2. The average Bonchev–Trinajstić information content (AvgIpc) is 2.66. The van der Waals surface area contributed by atoms with Gasteiger partial charge in [-0.2, -0.15) is 0 Å². The lowest BCUT2D eigenvalue weighted by molar-refractivity contribution is -0.126. The molecule has 1 aromatic rings. The topological polar surface area (TPSA) is 109 Å². The van der Waals surface area contributed by atoms with E-state index in [1.165, 1.54) is 11.5 Å². The summed E-state index contributed by atoms with van der Waals surface area (Å²) in [5.74, 6) is -0.654. The van der Waals surface area contributed by atoms with Crippen molar-refractivity contribution in [1.29, 1.82) is 0 Å². The molecule has 0 atom stereocenters. The number of nitrogens with zero attached hydrogens (tertiary/aromatic N) is 2. The van der Waals surface area contributed by atoms with Crippen LogP contribution in [0.15, 0.2) is 9.95 Å². The van der Waals surface area contributed by atoms with Gasteiger partial charge in [0.05, 0.1) is 5.75 Å². The van der Waals surface area contributed by atoms with E-state index in [0.29, 0.717) is 11.7 Å². The van der Waals surface area contributed by atoms with E-state index in [9.17, 15) is 14.4 Å². The normalized spacial score (nSPS) is 10.1. The fraction of sp³-hybridized carbons (Fsp3) is 0.556. The molecular weight excluding hydrogens is 258 g/mol. The Labute approximate surface area is 107 Å². The van der Waals surface area contributed by atoms with Crippen LogP contribution >= 0.6 is 11.8 Å². The quantitative estimate of drug-likeness (QED) is 0.482. The summed E-state index contributed by atoms with van der Waals surface area (Å²) >= 11 is 1.12. The van der Waals surface area contributed by atoms with Crippen LogP contribution < -0.4 is 16.5 Å². The number of hydrazine groups is 1. The third-order valence-electron chi connectivity index (χ3n) is 1.88. The number of carbonyl (C=O) groups is 2. The Hall–Kier alpha value is -1.77. The number of hydrogen-bond acceptors (Lipinski definition) is 5. The zero-order valence-electron chi connectivity index (χ0n) is 10.1. The van der Waals surface area contributed by atoms with E-state index < -0.39 is 0 Å². The van der Waals surface area contributed by atoms with Crippen LogP contribution in [-0.4, -0.2) is 32.3 Å². The van der Waals surface area contributed by atoms with Crippen molar-refractivity contribution in [1.82, 2.24) is 25.6 Å². The summed E-state index contributed by atoms with van der Waals surface area (Å²) in [6.07, 6.45) is 0.797. The van der Waals surface area contributed by atoms with Crippen molar-refractivity contribution in [3.8, 4) is 0 Å². The molecule has 3 N–H and O–H groups in total. The Balaban J connectivity index is 2.50. The van der Waals surface area contributed by atoms with Gasteiger partial charge in [0.25, 0.3) is 0 Å². The molecule has 100 valence electrons. The van der Waals surface area contributed by atoms with E-state index in [1.807, 2.05) is 6.92 Å². The second-order valence-electron chi connectivity index (χ2n) is 3.48. The Morgan fingerprint density at radius 1 is 1.44 bits per heavy atom. The Morgan fingerprint density at radius 2 is 2.17 bits per heavy atom.